The van der Waals surface area contributed by atoms with E-state index in [1.165, 1.54) is 12.7 Å². The minimum atomic E-state index is -1.87. The number of H-pyrrole nitrogens is 1. The molecular weight excluding hydrogens is 877 g/mol. The number of cyclic esters (lactones) is 1. The van der Waals surface area contributed by atoms with Crippen LogP contribution in [0.4, 0.5) is 0 Å². The summed E-state index contributed by atoms with van der Waals surface area (Å²) in [7, 11) is 7.15. The average molecular weight is 963 g/mol. The standard InChI is InChI=1S/C51H86N4O13/c1-15-39-51(10,61)46(66-40(56)21-23-52-22-20-35-27-53-37-19-17-16-18-36(35)37)33(6)55(13)28-29(2)25-49(8,60)45(68-48-42(57)38(54(11)12)24-30(3)63-48)31(4)43(32(5)47(59)65-39)67-41-26-50(9,62-14)44(58)34(7)64-41/h16-19,27,29-34,38-39,41-46,48,52-53,57-58,60-61H,15,20-26,28H2,1-14H3/t29-,30-,31+,32-,33-,34+,38+,39-,41+,42-,43+,44+,45-,46-,48+,49+,50-,51-/m1/s1. The molecule has 3 fully saturated rings. The summed E-state index contributed by atoms with van der Waals surface area (Å²) in [6.45, 7) is 19.2. The van der Waals surface area contributed by atoms with Crippen LogP contribution in [-0.2, 0) is 49.2 Å². The van der Waals surface area contributed by atoms with E-state index in [2.05, 4.69) is 16.4 Å². The van der Waals surface area contributed by atoms with E-state index in [1.54, 1.807) is 41.5 Å². The Morgan fingerprint density at radius 1 is 0.985 bits per heavy atom. The predicted octanol–water partition coefficient (Wildman–Crippen LogP) is 4.16. The maximum Gasteiger partial charge on any atom is 0.311 e. The number of aromatic nitrogens is 1. The van der Waals surface area contributed by atoms with Gasteiger partial charge in [0.1, 0.15) is 30.0 Å². The molecule has 0 amide bonds. The van der Waals surface area contributed by atoms with Gasteiger partial charge in [0.05, 0.1) is 48.0 Å². The summed E-state index contributed by atoms with van der Waals surface area (Å²) < 4.78 is 44.5. The molecule has 0 radical (unpaired) electrons. The van der Waals surface area contributed by atoms with E-state index in [0.717, 1.165) is 17.3 Å². The maximum atomic E-state index is 14.7. The zero-order chi connectivity index (χ0) is 50.5. The molecule has 17 nitrogen and oxygen atoms in total. The summed E-state index contributed by atoms with van der Waals surface area (Å²) in [5.74, 6) is -3.31. The largest absolute Gasteiger partial charge is 0.459 e. The number of hydrogen-bond donors (Lipinski definition) is 6. The Morgan fingerprint density at radius 2 is 1.68 bits per heavy atom. The molecule has 1 aromatic heterocycles. The van der Waals surface area contributed by atoms with Gasteiger partial charge in [-0.1, -0.05) is 39.0 Å². The lowest BCUT2D eigenvalue weighted by Gasteiger charge is -2.48. The number of nitrogens with zero attached hydrogens (tertiary/aromatic N) is 2. The van der Waals surface area contributed by atoms with Crippen molar-refractivity contribution in [2.24, 2.45) is 17.8 Å². The normalized spacial score (nSPS) is 40.7. The molecule has 3 aliphatic rings. The molecule has 17 heteroatoms. The van der Waals surface area contributed by atoms with Crippen molar-refractivity contribution in [2.75, 3.05) is 47.9 Å². The van der Waals surface area contributed by atoms with Crippen LogP contribution < -0.4 is 5.32 Å². The van der Waals surface area contributed by atoms with E-state index in [9.17, 15) is 30.0 Å². The van der Waals surface area contributed by atoms with Crippen LogP contribution >= 0.6 is 0 Å². The summed E-state index contributed by atoms with van der Waals surface area (Å²) >= 11 is 0. The Morgan fingerprint density at radius 3 is 2.34 bits per heavy atom. The number of esters is 2. The van der Waals surface area contributed by atoms with Crippen LogP contribution in [0.15, 0.2) is 30.5 Å². The highest BCUT2D eigenvalue weighted by Gasteiger charge is 2.53. The molecule has 18 atom stereocenters. The first-order valence-electron chi connectivity index (χ1n) is 24.8. The number of para-hydroxylation sites is 1. The number of nitrogens with one attached hydrogen (secondary N) is 2. The molecule has 5 rings (SSSR count). The number of hydrogen-bond acceptors (Lipinski definition) is 16. The molecule has 0 unspecified atom stereocenters. The summed E-state index contributed by atoms with van der Waals surface area (Å²) in [5.41, 5.74) is -2.30. The van der Waals surface area contributed by atoms with Crippen LogP contribution in [0.5, 0.6) is 0 Å². The van der Waals surface area contributed by atoms with Crippen molar-refractivity contribution in [2.45, 2.75) is 198 Å². The van der Waals surface area contributed by atoms with Crippen molar-refractivity contribution in [3.05, 3.63) is 36.0 Å². The summed E-state index contributed by atoms with van der Waals surface area (Å²) in [6.07, 6.45) is -5.78. The van der Waals surface area contributed by atoms with Crippen LogP contribution in [0.1, 0.15) is 107 Å². The predicted molar refractivity (Wildman–Crippen MR) is 258 cm³/mol. The van der Waals surface area contributed by atoms with Crippen molar-refractivity contribution in [3.63, 3.8) is 0 Å². The van der Waals surface area contributed by atoms with Crippen LogP contribution in [0.2, 0.25) is 0 Å². The fourth-order valence-corrected chi connectivity index (χ4v) is 11.0. The van der Waals surface area contributed by atoms with Gasteiger partial charge in [-0.25, -0.2) is 0 Å². The van der Waals surface area contributed by atoms with Gasteiger partial charge in [-0.15, -0.1) is 0 Å². The van der Waals surface area contributed by atoms with E-state index in [-0.39, 0.29) is 43.7 Å². The number of ether oxygens (including phenoxy) is 7. The Bertz CT molecular complexity index is 1910. The highest BCUT2D eigenvalue weighted by molar-refractivity contribution is 5.83. The average Bonchev–Trinajstić information content (AvgIpc) is 3.69. The number of rotatable bonds is 14. The number of benzene rings is 1. The van der Waals surface area contributed by atoms with E-state index in [4.69, 9.17) is 33.2 Å². The minimum absolute atomic E-state index is 0.0382. The van der Waals surface area contributed by atoms with Gasteiger partial charge in [0.25, 0.3) is 0 Å². The van der Waals surface area contributed by atoms with Crippen LogP contribution in [0, 0.1) is 17.8 Å². The molecule has 3 saturated heterocycles. The first kappa shape index (κ1) is 56.1. The number of aromatic amines is 1. The quantitative estimate of drug-likeness (QED) is 0.116. The van der Waals surface area contributed by atoms with Gasteiger partial charge in [-0.05, 0) is 119 Å². The summed E-state index contributed by atoms with van der Waals surface area (Å²) in [6, 6.07) is 7.23. The molecule has 3 aliphatic heterocycles. The van der Waals surface area contributed by atoms with Gasteiger partial charge in [0.15, 0.2) is 12.6 Å². The van der Waals surface area contributed by atoms with Crippen molar-refractivity contribution >= 4 is 22.8 Å². The summed E-state index contributed by atoms with van der Waals surface area (Å²) in [5, 5.41) is 52.7. The van der Waals surface area contributed by atoms with Gasteiger partial charge in [-0.3, -0.25) is 14.5 Å². The van der Waals surface area contributed by atoms with Gasteiger partial charge in [-0.2, -0.15) is 0 Å². The first-order chi connectivity index (χ1) is 31.8. The fourth-order valence-electron chi connectivity index (χ4n) is 11.0. The van der Waals surface area contributed by atoms with Crippen molar-refractivity contribution in [3.8, 4) is 0 Å². The van der Waals surface area contributed by atoms with Crippen molar-refractivity contribution in [1.29, 1.82) is 0 Å². The van der Waals surface area contributed by atoms with Crippen LogP contribution in [-0.4, -0.2) is 185 Å². The SMILES string of the molecule is CC[C@H]1OC(=O)[C@H](C)[C@@H](O[C@H]2C[C@@](C)(OC)[C@@H](O)[C@H](C)O2)[C@H](C)[C@@H](O[C@@H]2O[C@H](C)C[C@H](N(C)C)[C@H]2O)[C@@](C)(O)C[C@@H](C)CN(C)[C@H](C)[C@@H](OC(=O)CCNCCc2c[nH]c3ccccc23)[C@]1(C)O. The number of likely N-dealkylation sites (N-methyl/N-ethyl adjacent to an activating group) is 2. The van der Waals surface area contributed by atoms with Crippen LogP contribution in [0.25, 0.3) is 10.9 Å². The number of fused-ring (bicyclic) bond motifs is 1. The molecule has 6 N–H and O–H groups in total. The maximum absolute atomic E-state index is 14.7. The van der Waals surface area contributed by atoms with Gasteiger partial charge in [0.2, 0.25) is 0 Å². The minimum Gasteiger partial charge on any atom is -0.459 e. The molecule has 0 aliphatic carbocycles. The zero-order valence-corrected chi connectivity index (χ0v) is 43.3. The van der Waals surface area contributed by atoms with E-state index in [0.29, 0.717) is 26.1 Å². The van der Waals surface area contributed by atoms with E-state index >= 15 is 0 Å². The van der Waals surface area contributed by atoms with Gasteiger partial charge < -0.3 is 68.8 Å². The Hall–Kier alpha value is -2.78. The Balaban J connectivity index is 1.46. The van der Waals surface area contributed by atoms with Gasteiger partial charge in [0, 0.05) is 61.7 Å². The molecule has 0 saturated carbocycles. The Labute approximate surface area is 404 Å². The zero-order valence-electron chi connectivity index (χ0n) is 43.3. The van der Waals surface area contributed by atoms with Crippen molar-refractivity contribution < 1.29 is 63.2 Å². The third-order valence-corrected chi connectivity index (χ3v) is 15.2. The first-order valence-corrected chi connectivity index (χ1v) is 24.8. The second-order valence-electron chi connectivity index (χ2n) is 21.2. The second kappa shape index (κ2) is 23.6. The third-order valence-electron chi connectivity index (χ3n) is 15.2. The molecule has 68 heavy (non-hydrogen) atoms. The van der Waals surface area contributed by atoms with E-state index < -0.39 is 102 Å². The lowest BCUT2D eigenvalue weighted by molar-refractivity contribution is -0.318. The van der Waals surface area contributed by atoms with E-state index in [1.807, 2.05) is 83.0 Å². The smallest absolute Gasteiger partial charge is 0.311 e. The number of methoxy groups -OCH3 is 1. The Kier molecular flexibility index (Phi) is 19.5. The second-order valence-corrected chi connectivity index (χ2v) is 21.2. The lowest BCUT2D eigenvalue weighted by atomic mass is 9.77. The molecule has 1 aromatic carbocycles. The highest BCUT2D eigenvalue weighted by atomic mass is 16.7. The lowest BCUT2D eigenvalue weighted by Crippen LogP contribution is -2.61. The third kappa shape index (κ3) is 13.2. The molecular formula is C51H86N4O13. The topological polar surface area (TPSA) is 214 Å². The molecule has 388 valence electrons. The molecule has 0 bridgehead atoms. The number of carbonyl (C=O) groups is 2. The molecule has 0 spiro atoms. The fraction of sp³-hybridized carbons (Fsp3) is 0.804. The number of aliphatic hydroxyl groups excluding tert-OH is 2. The van der Waals surface area contributed by atoms with Gasteiger partial charge >= 0.3 is 11.9 Å². The number of aliphatic hydroxyl groups is 4. The van der Waals surface area contributed by atoms with Crippen LogP contribution in [0.3, 0.4) is 0 Å². The molecule has 4 heterocycles. The summed E-state index contributed by atoms with van der Waals surface area (Å²) in [4.78, 5) is 35.7. The highest BCUT2D eigenvalue weighted by Crippen LogP contribution is 2.40. The number of carbonyl (C=O) groups excluding carboxylic acids is 2. The monoisotopic (exact) mass is 963 g/mol. The van der Waals surface area contributed by atoms with Crippen molar-refractivity contribution in [1.82, 2.24) is 20.1 Å². The molecule has 2 aromatic rings.